The monoisotopic (exact) mass is 212 g/mol. The fraction of sp³-hybridized carbons (Fsp3) is 0.545. The Morgan fingerprint density at radius 3 is 2.57 bits per heavy atom. The van der Waals surface area contributed by atoms with E-state index in [-0.39, 0.29) is 24.2 Å². The quantitative estimate of drug-likeness (QED) is 0.779. The molecule has 0 saturated heterocycles. The Kier molecular flexibility index (Phi) is 3.84. The van der Waals surface area contributed by atoms with E-state index in [4.69, 9.17) is 5.11 Å². The fourth-order valence-corrected chi connectivity index (χ4v) is 2.32. The van der Waals surface area contributed by atoms with Gasteiger partial charge >= 0.3 is 0 Å². The van der Waals surface area contributed by atoms with Gasteiger partial charge in [-0.05, 0) is 29.9 Å². The normalized spacial score (nSPS) is 13.2. The highest BCUT2D eigenvalue weighted by molar-refractivity contribution is 7.12. The molecule has 1 atom stereocenters. The van der Waals surface area contributed by atoms with Gasteiger partial charge in [-0.3, -0.25) is 4.79 Å². The molecule has 0 aromatic carbocycles. The van der Waals surface area contributed by atoms with E-state index < -0.39 is 0 Å². The van der Waals surface area contributed by atoms with Crippen molar-refractivity contribution < 1.29 is 9.90 Å². The molecule has 3 heteroatoms. The lowest BCUT2D eigenvalue weighted by molar-refractivity contribution is 0.0810. The number of carbonyl (C=O) groups is 1. The van der Waals surface area contributed by atoms with Gasteiger partial charge in [0.25, 0.3) is 0 Å². The number of Topliss-reactive ketones (excluding diaryl/α,β-unsaturated/α-hetero) is 1. The predicted molar refractivity (Wildman–Crippen MR) is 58.8 cm³/mol. The molecule has 0 aliphatic heterocycles. The van der Waals surface area contributed by atoms with Gasteiger partial charge in [0.1, 0.15) is 0 Å². The molecule has 1 heterocycles. The lowest BCUT2D eigenvalue weighted by Crippen LogP contribution is -2.23. The Bertz CT molecular complexity index is 315. The van der Waals surface area contributed by atoms with Gasteiger partial charge in [-0.25, -0.2) is 0 Å². The van der Waals surface area contributed by atoms with Gasteiger partial charge in [-0.2, -0.15) is 0 Å². The second-order valence-corrected chi connectivity index (χ2v) is 4.75. The van der Waals surface area contributed by atoms with Crippen LogP contribution in [0.3, 0.4) is 0 Å². The van der Waals surface area contributed by atoms with Crippen LogP contribution in [0.5, 0.6) is 0 Å². The summed E-state index contributed by atoms with van der Waals surface area (Å²) in [5.41, 5.74) is 1.01. The molecule has 1 aromatic rings. The van der Waals surface area contributed by atoms with Gasteiger partial charge in [-0.15, -0.1) is 11.3 Å². The molecule has 0 amide bonds. The van der Waals surface area contributed by atoms with Crippen LogP contribution in [0, 0.1) is 18.8 Å². The molecule has 0 aliphatic rings. The molecule has 1 aromatic heterocycles. The molecule has 1 rings (SSSR count). The summed E-state index contributed by atoms with van der Waals surface area (Å²) in [4.78, 5) is 12.7. The Hall–Kier alpha value is -0.670. The van der Waals surface area contributed by atoms with Crippen LogP contribution in [0.25, 0.3) is 0 Å². The maximum atomic E-state index is 11.9. The van der Waals surface area contributed by atoms with Gasteiger partial charge in [-0.1, -0.05) is 13.8 Å². The van der Waals surface area contributed by atoms with Crippen LogP contribution in [-0.4, -0.2) is 17.5 Å². The average Bonchev–Trinajstić information content (AvgIpc) is 2.51. The lowest BCUT2D eigenvalue weighted by atomic mass is 9.91. The van der Waals surface area contributed by atoms with Crippen molar-refractivity contribution in [1.29, 1.82) is 0 Å². The lowest BCUT2D eigenvalue weighted by Gasteiger charge is -2.16. The minimum atomic E-state index is -0.257. The maximum absolute atomic E-state index is 11.9. The van der Waals surface area contributed by atoms with Gasteiger partial charge < -0.3 is 5.11 Å². The number of ketones is 1. The topological polar surface area (TPSA) is 37.3 Å². The van der Waals surface area contributed by atoms with Crippen molar-refractivity contribution in [2.75, 3.05) is 6.61 Å². The number of carbonyl (C=O) groups excluding carboxylic acids is 1. The first kappa shape index (κ1) is 11.4. The third kappa shape index (κ3) is 2.22. The van der Waals surface area contributed by atoms with Gasteiger partial charge in [0.05, 0.1) is 11.5 Å². The maximum Gasteiger partial charge on any atom is 0.178 e. The SMILES string of the molecule is Cc1ccsc1C(=O)C(CO)C(C)C. The highest BCUT2D eigenvalue weighted by Crippen LogP contribution is 2.23. The molecule has 14 heavy (non-hydrogen) atoms. The Morgan fingerprint density at radius 1 is 1.57 bits per heavy atom. The number of aliphatic hydroxyl groups excluding tert-OH is 1. The standard InChI is InChI=1S/C11H16O2S/c1-7(2)9(6-12)10(13)11-8(3)4-5-14-11/h4-5,7,9,12H,6H2,1-3H3. The molecular formula is C11H16O2S. The molecule has 78 valence electrons. The Balaban J connectivity index is 2.89. The van der Waals surface area contributed by atoms with Crippen LogP contribution < -0.4 is 0 Å². The van der Waals surface area contributed by atoms with Crippen molar-refractivity contribution in [3.63, 3.8) is 0 Å². The second-order valence-electron chi connectivity index (χ2n) is 3.83. The van der Waals surface area contributed by atoms with E-state index in [0.29, 0.717) is 0 Å². The van der Waals surface area contributed by atoms with Crippen LogP contribution in [-0.2, 0) is 0 Å². The second kappa shape index (κ2) is 4.71. The zero-order valence-electron chi connectivity index (χ0n) is 8.78. The zero-order chi connectivity index (χ0) is 10.7. The van der Waals surface area contributed by atoms with E-state index in [2.05, 4.69) is 0 Å². The molecule has 0 spiro atoms. The highest BCUT2D eigenvalue weighted by Gasteiger charge is 2.24. The molecular weight excluding hydrogens is 196 g/mol. The summed E-state index contributed by atoms with van der Waals surface area (Å²) in [6, 6.07) is 1.94. The van der Waals surface area contributed by atoms with Crippen LogP contribution in [0.2, 0.25) is 0 Å². The van der Waals surface area contributed by atoms with E-state index in [1.54, 1.807) is 0 Å². The summed E-state index contributed by atoms with van der Waals surface area (Å²) < 4.78 is 0. The predicted octanol–water partition coefficient (Wildman–Crippen LogP) is 2.50. The summed E-state index contributed by atoms with van der Waals surface area (Å²) >= 11 is 1.46. The molecule has 0 aliphatic carbocycles. The number of rotatable bonds is 4. The van der Waals surface area contributed by atoms with Crippen molar-refractivity contribution in [3.05, 3.63) is 21.9 Å². The molecule has 1 N–H and O–H groups in total. The first-order valence-electron chi connectivity index (χ1n) is 4.77. The highest BCUT2D eigenvalue weighted by atomic mass is 32.1. The van der Waals surface area contributed by atoms with Crippen molar-refractivity contribution >= 4 is 17.1 Å². The van der Waals surface area contributed by atoms with Gasteiger partial charge in [0.2, 0.25) is 0 Å². The Labute approximate surface area is 88.6 Å². The Morgan fingerprint density at radius 2 is 2.21 bits per heavy atom. The number of aryl methyl sites for hydroxylation is 1. The summed E-state index contributed by atoms with van der Waals surface area (Å²) in [7, 11) is 0. The van der Waals surface area contributed by atoms with Crippen LogP contribution in [0.4, 0.5) is 0 Å². The summed E-state index contributed by atoms with van der Waals surface area (Å²) in [5.74, 6) is 0.0105. The van der Waals surface area contributed by atoms with Crippen molar-refractivity contribution in [2.45, 2.75) is 20.8 Å². The smallest absolute Gasteiger partial charge is 0.178 e. The zero-order valence-corrected chi connectivity index (χ0v) is 9.60. The van der Waals surface area contributed by atoms with Crippen molar-refractivity contribution in [1.82, 2.24) is 0 Å². The minimum absolute atomic E-state index is 0.0617. The molecule has 0 saturated carbocycles. The van der Waals surface area contributed by atoms with E-state index in [0.717, 1.165) is 10.4 Å². The first-order valence-corrected chi connectivity index (χ1v) is 5.65. The van der Waals surface area contributed by atoms with Crippen LogP contribution in [0.1, 0.15) is 29.1 Å². The summed E-state index contributed by atoms with van der Waals surface area (Å²) in [6.07, 6.45) is 0. The van der Waals surface area contributed by atoms with Gasteiger partial charge in [0.15, 0.2) is 5.78 Å². The largest absolute Gasteiger partial charge is 0.396 e. The summed E-state index contributed by atoms with van der Waals surface area (Å²) in [5, 5.41) is 11.1. The van der Waals surface area contributed by atoms with Crippen molar-refractivity contribution in [2.24, 2.45) is 11.8 Å². The third-order valence-corrected chi connectivity index (χ3v) is 3.46. The fourth-order valence-electron chi connectivity index (χ4n) is 1.39. The van der Waals surface area contributed by atoms with E-state index in [1.807, 2.05) is 32.2 Å². The van der Waals surface area contributed by atoms with E-state index >= 15 is 0 Å². The van der Waals surface area contributed by atoms with E-state index in [9.17, 15) is 4.79 Å². The minimum Gasteiger partial charge on any atom is -0.396 e. The molecule has 2 nitrogen and oxygen atoms in total. The molecule has 0 fully saturated rings. The number of aliphatic hydroxyl groups is 1. The molecule has 0 bridgehead atoms. The van der Waals surface area contributed by atoms with Crippen LogP contribution >= 0.6 is 11.3 Å². The summed E-state index contributed by atoms with van der Waals surface area (Å²) in [6.45, 7) is 5.79. The van der Waals surface area contributed by atoms with Crippen molar-refractivity contribution in [3.8, 4) is 0 Å². The van der Waals surface area contributed by atoms with E-state index in [1.165, 1.54) is 11.3 Å². The molecule has 0 radical (unpaired) electrons. The third-order valence-electron chi connectivity index (χ3n) is 2.42. The number of hydrogen-bond acceptors (Lipinski definition) is 3. The number of hydrogen-bond donors (Lipinski definition) is 1. The molecule has 1 unspecified atom stereocenters. The number of thiophene rings is 1. The first-order chi connectivity index (χ1) is 6.57. The average molecular weight is 212 g/mol. The van der Waals surface area contributed by atoms with Crippen LogP contribution in [0.15, 0.2) is 11.4 Å². The van der Waals surface area contributed by atoms with Gasteiger partial charge in [0, 0.05) is 5.92 Å².